The molecular formula is C19H26FN5O2. The summed E-state index contributed by atoms with van der Waals surface area (Å²) in [5, 5.41) is 0. The molecule has 3 aliphatic rings. The number of hydrogen-bond donors (Lipinski definition) is 2. The fourth-order valence-electron chi connectivity index (χ4n) is 4.19. The zero-order valence-corrected chi connectivity index (χ0v) is 15.4. The molecule has 1 aromatic rings. The van der Waals surface area contributed by atoms with Crippen LogP contribution in [-0.4, -0.2) is 36.9 Å². The van der Waals surface area contributed by atoms with E-state index in [1.807, 2.05) is 11.0 Å². The van der Waals surface area contributed by atoms with Crippen LogP contribution in [0.5, 0.6) is 5.75 Å². The van der Waals surface area contributed by atoms with Gasteiger partial charge in [0.1, 0.15) is 11.8 Å². The molecule has 1 saturated heterocycles. The van der Waals surface area contributed by atoms with Crippen molar-refractivity contribution in [2.45, 2.75) is 56.7 Å². The van der Waals surface area contributed by atoms with Crippen LogP contribution in [0.4, 0.5) is 10.1 Å². The second-order valence-corrected chi connectivity index (χ2v) is 7.36. The minimum atomic E-state index is -0.580. The largest absolute Gasteiger partial charge is 0.487 e. The Bertz CT molecular complexity index is 754. The van der Waals surface area contributed by atoms with Crippen LogP contribution in [0.1, 0.15) is 44.9 Å². The van der Waals surface area contributed by atoms with Crippen molar-refractivity contribution in [1.29, 1.82) is 0 Å². The van der Waals surface area contributed by atoms with Gasteiger partial charge >= 0.3 is 0 Å². The molecule has 2 fully saturated rings. The van der Waals surface area contributed by atoms with Gasteiger partial charge in [0.2, 0.25) is 11.9 Å². The molecule has 0 bridgehead atoms. The Morgan fingerprint density at radius 3 is 2.59 bits per heavy atom. The Kier molecular flexibility index (Phi) is 4.90. The molecule has 27 heavy (non-hydrogen) atoms. The van der Waals surface area contributed by atoms with Crippen LogP contribution in [0.3, 0.4) is 0 Å². The third-order valence-corrected chi connectivity index (χ3v) is 5.49. The van der Waals surface area contributed by atoms with Gasteiger partial charge < -0.3 is 20.9 Å². The van der Waals surface area contributed by atoms with E-state index in [-0.39, 0.29) is 23.8 Å². The van der Waals surface area contributed by atoms with Crippen molar-refractivity contribution in [3.8, 4) is 5.75 Å². The first-order valence-electron chi connectivity index (χ1n) is 9.61. The summed E-state index contributed by atoms with van der Waals surface area (Å²) in [6, 6.07) is 4.92. The highest BCUT2D eigenvalue weighted by Crippen LogP contribution is 2.40. The molecule has 0 unspecified atom stereocenters. The van der Waals surface area contributed by atoms with Crippen LogP contribution in [0, 0.1) is 5.82 Å². The van der Waals surface area contributed by atoms with Gasteiger partial charge in [-0.1, -0.05) is 6.42 Å². The third-order valence-electron chi connectivity index (χ3n) is 5.49. The Morgan fingerprint density at radius 1 is 1.15 bits per heavy atom. The highest BCUT2D eigenvalue weighted by Gasteiger charge is 2.42. The summed E-state index contributed by atoms with van der Waals surface area (Å²) < 4.78 is 25.9. The first-order chi connectivity index (χ1) is 13.1. The first kappa shape index (κ1) is 18.0. The van der Waals surface area contributed by atoms with Gasteiger partial charge in [0.05, 0.1) is 13.2 Å². The molecule has 4 rings (SSSR count). The van der Waals surface area contributed by atoms with Crippen LogP contribution in [0.2, 0.25) is 0 Å². The topological polar surface area (TPSA) is 98.5 Å². The van der Waals surface area contributed by atoms with Crippen molar-refractivity contribution in [2.24, 2.45) is 21.5 Å². The van der Waals surface area contributed by atoms with Gasteiger partial charge in [0.25, 0.3) is 0 Å². The molecule has 1 aromatic carbocycles. The molecule has 0 radical (unpaired) electrons. The smallest absolute Gasteiger partial charge is 0.220 e. The van der Waals surface area contributed by atoms with E-state index >= 15 is 0 Å². The first-order valence-corrected chi connectivity index (χ1v) is 9.61. The van der Waals surface area contributed by atoms with E-state index in [4.69, 9.17) is 20.9 Å². The van der Waals surface area contributed by atoms with Crippen molar-refractivity contribution >= 4 is 17.6 Å². The van der Waals surface area contributed by atoms with Gasteiger partial charge in [-0.15, -0.1) is 0 Å². The summed E-state index contributed by atoms with van der Waals surface area (Å²) in [6.07, 6.45) is 6.33. The second-order valence-electron chi connectivity index (χ2n) is 7.36. The molecule has 146 valence electrons. The van der Waals surface area contributed by atoms with E-state index in [9.17, 15) is 4.39 Å². The average Bonchev–Trinajstić information content (AvgIpc) is 2.65. The lowest BCUT2D eigenvalue weighted by atomic mass is 9.87. The van der Waals surface area contributed by atoms with Crippen LogP contribution in [0.25, 0.3) is 0 Å². The number of anilines is 1. The minimum Gasteiger partial charge on any atom is -0.487 e. The van der Waals surface area contributed by atoms with E-state index < -0.39 is 11.5 Å². The van der Waals surface area contributed by atoms with Crippen molar-refractivity contribution in [2.75, 3.05) is 18.1 Å². The summed E-state index contributed by atoms with van der Waals surface area (Å²) in [4.78, 5) is 10.6. The highest BCUT2D eigenvalue weighted by molar-refractivity contribution is 6.05. The Hall–Kier alpha value is -2.35. The quantitative estimate of drug-likeness (QED) is 0.846. The summed E-state index contributed by atoms with van der Waals surface area (Å²) in [5.41, 5.74) is 12.1. The second kappa shape index (κ2) is 7.34. The molecule has 4 N–H and O–H groups in total. The van der Waals surface area contributed by atoms with E-state index in [1.165, 1.54) is 6.07 Å². The molecule has 2 aliphatic heterocycles. The monoisotopic (exact) mass is 375 g/mol. The normalized spacial score (nSPS) is 23.1. The fraction of sp³-hybridized carbons (Fsp3) is 0.579. The van der Waals surface area contributed by atoms with Crippen LogP contribution in [0.15, 0.2) is 28.2 Å². The maximum Gasteiger partial charge on any atom is 0.220 e. The molecule has 0 aromatic heterocycles. The molecule has 1 aliphatic carbocycles. The summed E-state index contributed by atoms with van der Waals surface area (Å²) in [7, 11) is 0. The van der Waals surface area contributed by atoms with Crippen LogP contribution in [-0.2, 0) is 4.74 Å². The number of guanidine groups is 2. The maximum atomic E-state index is 14.8. The molecule has 1 spiro atoms. The average molecular weight is 375 g/mol. The van der Waals surface area contributed by atoms with Crippen LogP contribution >= 0.6 is 0 Å². The lowest BCUT2D eigenvalue weighted by molar-refractivity contribution is 0.0240. The van der Waals surface area contributed by atoms with E-state index in [1.54, 1.807) is 6.07 Å². The van der Waals surface area contributed by atoms with Gasteiger partial charge in [0.15, 0.2) is 11.6 Å². The number of rotatable bonds is 3. The molecule has 7 nitrogen and oxygen atoms in total. The number of halogens is 1. The lowest BCUT2D eigenvalue weighted by Gasteiger charge is -2.45. The summed E-state index contributed by atoms with van der Waals surface area (Å²) in [5.74, 6) is 0.270. The number of ether oxygens (including phenoxy) is 2. The van der Waals surface area contributed by atoms with Gasteiger partial charge in [-0.05, 0) is 37.8 Å². The molecule has 1 saturated carbocycles. The maximum absolute atomic E-state index is 14.8. The van der Waals surface area contributed by atoms with Gasteiger partial charge in [-0.3, -0.25) is 4.90 Å². The third kappa shape index (κ3) is 3.58. The number of aliphatic imine (C=N–C) groups is 2. The minimum absolute atomic E-state index is 0.0187. The zero-order chi connectivity index (χ0) is 18.9. The number of nitrogens with zero attached hydrogens (tertiary/aromatic N) is 3. The Balaban J connectivity index is 1.61. The molecule has 2 heterocycles. The van der Waals surface area contributed by atoms with E-state index in [0.717, 1.165) is 44.9 Å². The summed E-state index contributed by atoms with van der Waals surface area (Å²) >= 11 is 0. The Labute approximate surface area is 158 Å². The highest BCUT2D eigenvalue weighted by atomic mass is 19.1. The SMILES string of the molecule is NC1=NC2(CCCCC2)N(c2ccc(OC3CCOCC3)c(F)c2)C(N)=N1. The van der Waals surface area contributed by atoms with E-state index in [0.29, 0.717) is 18.9 Å². The fourth-order valence-corrected chi connectivity index (χ4v) is 4.19. The van der Waals surface area contributed by atoms with Crippen molar-refractivity contribution in [1.82, 2.24) is 0 Å². The van der Waals surface area contributed by atoms with Crippen molar-refractivity contribution in [3.63, 3.8) is 0 Å². The van der Waals surface area contributed by atoms with Gasteiger partial charge in [0, 0.05) is 24.6 Å². The van der Waals surface area contributed by atoms with E-state index in [2.05, 4.69) is 9.98 Å². The lowest BCUT2D eigenvalue weighted by Crippen LogP contribution is -2.58. The number of hydrogen-bond acceptors (Lipinski definition) is 7. The predicted molar refractivity (Wildman–Crippen MR) is 102 cm³/mol. The standard InChI is InChI=1S/C19H26FN5O2/c20-15-12-13(4-5-16(15)27-14-6-10-26-11-7-14)25-18(22)23-17(21)24-19(25)8-2-1-3-9-19/h4-5,12,14H,1-3,6-11H2,(H4,21,22,23,24). The van der Waals surface area contributed by atoms with Crippen LogP contribution < -0.4 is 21.1 Å². The predicted octanol–water partition coefficient (Wildman–Crippen LogP) is 2.49. The van der Waals surface area contributed by atoms with Crippen molar-refractivity contribution in [3.05, 3.63) is 24.0 Å². The number of nitrogens with two attached hydrogens (primary N) is 2. The van der Waals surface area contributed by atoms with Crippen molar-refractivity contribution < 1.29 is 13.9 Å². The molecular weight excluding hydrogens is 349 g/mol. The summed E-state index contributed by atoms with van der Waals surface area (Å²) in [6.45, 7) is 1.29. The Morgan fingerprint density at radius 2 is 1.89 bits per heavy atom. The molecule has 8 heteroatoms. The zero-order valence-electron chi connectivity index (χ0n) is 15.4. The van der Waals surface area contributed by atoms with Gasteiger partial charge in [-0.25, -0.2) is 9.38 Å². The van der Waals surface area contributed by atoms with Gasteiger partial charge in [-0.2, -0.15) is 4.99 Å². The molecule has 0 atom stereocenters. The molecule has 0 amide bonds. The number of benzene rings is 1.